The minimum atomic E-state index is -3.09. The highest BCUT2D eigenvalue weighted by Gasteiger charge is 1.99. The topological polar surface area (TPSA) is 91.8 Å². The molecule has 0 saturated heterocycles. The molecule has 0 atom stereocenters. The number of ether oxygens (including phenoxy) is 1. The zero-order chi connectivity index (χ0) is 13.9. The van der Waals surface area contributed by atoms with Crippen molar-refractivity contribution in [1.82, 2.24) is 15.4 Å². The molecule has 19 heavy (non-hydrogen) atoms. The molecule has 0 radical (unpaired) electrons. The molecule has 0 amide bonds. The molecule has 0 aromatic heterocycles. The van der Waals surface area contributed by atoms with Crippen LogP contribution in [0.5, 0.6) is 0 Å². The SMILES string of the molecule is CCOCCNC(=NC)NCCCNS(C)(=O)=O.I. The molecule has 0 unspecified atom stereocenters. The first-order valence-electron chi connectivity index (χ1n) is 5.96. The summed E-state index contributed by atoms with van der Waals surface area (Å²) in [7, 11) is -1.41. The van der Waals surface area contributed by atoms with Gasteiger partial charge in [-0.2, -0.15) is 0 Å². The Morgan fingerprint density at radius 3 is 2.37 bits per heavy atom. The van der Waals surface area contributed by atoms with Crippen LogP contribution in [0.1, 0.15) is 13.3 Å². The number of hydrogen-bond acceptors (Lipinski definition) is 4. The molecule has 0 aromatic carbocycles. The van der Waals surface area contributed by atoms with E-state index in [1.54, 1.807) is 7.05 Å². The summed E-state index contributed by atoms with van der Waals surface area (Å²) in [6.07, 6.45) is 1.84. The van der Waals surface area contributed by atoms with Gasteiger partial charge in [-0.1, -0.05) is 0 Å². The van der Waals surface area contributed by atoms with Crippen molar-refractivity contribution in [2.75, 3.05) is 46.2 Å². The van der Waals surface area contributed by atoms with Gasteiger partial charge in [0.25, 0.3) is 0 Å². The molecule has 7 nitrogen and oxygen atoms in total. The Labute approximate surface area is 133 Å². The lowest BCUT2D eigenvalue weighted by molar-refractivity contribution is 0.152. The Morgan fingerprint density at radius 2 is 1.84 bits per heavy atom. The Balaban J connectivity index is 0. The average Bonchev–Trinajstić information content (AvgIpc) is 2.30. The molecule has 116 valence electrons. The summed E-state index contributed by atoms with van der Waals surface area (Å²) in [5.74, 6) is 0.689. The lowest BCUT2D eigenvalue weighted by Gasteiger charge is -2.11. The molecule has 0 rings (SSSR count). The van der Waals surface area contributed by atoms with Crippen LogP contribution in [-0.4, -0.2) is 60.5 Å². The molecule has 0 aliphatic carbocycles. The van der Waals surface area contributed by atoms with Crippen molar-refractivity contribution in [1.29, 1.82) is 0 Å². The van der Waals surface area contributed by atoms with Gasteiger partial charge in [-0.3, -0.25) is 4.99 Å². The third-order valence-electron chi connectivity index (χ3n) is 1.98. The zero-order valence-corrected chi connectivity index (χ0v) is 14.9. The number of nitrogens with zero attached hydrogens (tertiary/aromatic N) is 1. The summed E-state index contributed by atoms with van der Waals surface area (Å²) in [5.41, 5.74) is 0. The van der Waals surface area contributed by atoms with Crippen molar-refractivity contribution < 1.29 is 13.2 Å². The highest BCUT2D eigenvalue weighted by atomic mass is 127. The normalized spacial score (nSPS) is 11.8. The van der Waals surface area contributed by atoms with Crippen molar-refractivity contribution in [3.05, 3.63) is 0 Å². The second kappa shape index (κ2) is 12.9. The first kappa shape index (κ1) is 21.2. The largest absolute Gasteiger partial charge is 0.380 e. The number of halogens is 1. The van der Waals surface area contributed by atoms with Crippen LogP contribution in [0, 0.1) is 0 Å². The molecule has 0 bridgehead atoms. The Morgan fingerprint density at radius 1 is 1.21 bits per heavy atom. The minimum absolute atomic E-state index is 0. The minimum Gasteiger partial charge on any atom is -0.380 e. The monoisotopic (exact) mass is 408 g/mol. The molecular formula is C10H25IN4O3S. The van der Waals surface area contributed by atoms with E-state index in [1.807, 2.05) is 6.92 Å². The van der Waals surface area contributed by atoms with Gasteiger partial charge in [0.15, 0.2) is 5.96 Å². The number of guanidine groups is 1. The van der Waals surface area contributed by atoms with E-state index < -0.39 is 10.0 Å². The third-order valence-corrected chi connectivity index (χ3v) is 2.71. The first-order chi connectivity index (χ1) is 8.49. The highest BCUT2D eigenvalue weighted by molar-refractivity contribution is 14.0. The van der Waals surface area contributed by atoms with Gasteiger partial charge in [0.2, 0.25) is 10.0 Å². The van der Waals surface area contributed by atoms with Gasteiger partial charge in [0.05, 0.1) is 12.9 Å². The number of sulfonamides is 1. The molecule has 3 N–H and O–H groups in total. The second-order valence-corrected chi connectivity index (χ2v) is 5.48. The van der Waals surface area contributed by atoms with Crippen molar-refractivity contribution in [3.63, 3.8) is 0 Å². The van der Waals surface area contributed by atoms with E-state index in [0.29, 0.717) is 45.2 Å². The van der Waals surface area contributed by atoms with E-state index in [4.69, 9.17) is 4.74 Å². The molecule has 9 heteroatoms. The van der Waals surface area contributed by atoms with Gasteiger partial charge < -0.3 is 15.4 Å². The summed E-state index contributed by atoms with van der Waals surface area (Å²) in [6, 6.07) is 0. The summed E-state index contributed by atoms with van der Waals surface area (Å²) >= 11 is 0. The van der Waals surface area contributed by atoms with Crippen LogP contribution < -0.4 is 15.4 Å². The number of nitrogens with one attached hydrogen (secondary N) is 3. The lowest BCUT2D eigenvalue weighted by Crippen LogP contribution is -2.40. The molecule has 0 spiro atoms. The maximum absolute atomic E-state index is 10.8. The van der Waals surface area contributed by atoms with E-state index in [0.717, 1.165) is 6.26 Å². The third kappa shape index (κ3) is 15.8. The summed E-state index contributed by atoms with van der Waals surface area (Å²) in [6.45, 7) is 5.03. The van der Waals surface area contributed by atoms with Gasteiger partial charge >= 0.3 is 0 Å². The fraction of sp³-hybridized carbons (Fsp3) is 0.900. The molecule has 0 aromatic rings. The molecule has 0 fully saturated rings. The quantitative estimate of drug-likeness (QED) is 0.212. The van der Waals surface area contributed by atoms with Gasteiger partial charge in [-0.25, -0.2) is 13.1 Å². The molecule has 0 aliphatic heterocycles. The maximum Gasteiger partial charge on any atom is 0.208 e. The van der Waals surface area contributed by atoms with Crippen molar-refractivity contribution in [3.8, 4) is 0 Å². The first-order valence-corrected chi connectivity index (χ1v) is 7.85. The van der Waals surface area contributed by atoms with Crippen LogP contribution in [0.4, 0.5) is 0 Å². The van der Waals surface area contributed by atoms with Crippen LogP contribution in [0.15, 0.2) is 4.99 Å². The van der Waals surface area contributed by atoms with E-state index in [-0.39, 0.29) is 24.0 Å². The van der Waals surface area contributed by atoms with E-state index in [1.165, 1.54) is 0 Å². The fourth-order valence-electron chi connectivity index (χ4n) is 1.16. The van der Waals surface area contributed by atoms with E-state index in [9.17, 15) is 8.42 Å². The van der Waals surface area contributed by atoms with Crippen LogP contribution in [-0.2, 0) is 14.8 Å². The van der Waals surface area contributed by atoms with Crippen LogP contribution in [0.25, 0.3) is 0 Å². The fourth-order valence-corrected chi connectivity index (χ4v) is 1.67. The smallest absolute Gasteiger partial charge is 0.208 e. The summed E-state index contributed by atoms with van der Waals surface area (Å²) < 4.78 is 29.2. The van der Waals surface area contributed by atoms with Crippen LogP contribution in [0.3, 0.4) is 0 Å². The number of rotatable bonds is 9. The van der Waals surface area contributed by atoms with Gasteiger partial charge in [-0.15, -0.1) is 24.0 Å². The number of hydrogen-bond donors (Lipinski definition) is 3. The Hall–Kier alpha value is -0.130. The van der Waals surface area contributed by atoms with Crippen molar-refractivity contribution in [2.24, 2.45) is 4.99 Å². The Kier molecular flexibility index (Phi) is 14.4. The predicted molar refractivity (Wildman–Crippen MR) is 88.7 cm³/mol. The van der Waals surface area contributed by atoms with Gasteiger partial charge in [0, 0.05) is 33.3 Å². The zero-order valence-electron chi connectivity index (χ0n) is 11.7. The predicted octanol–water partition coefficient (Wildman–Crippen LogP) is -0.255. The molecule has 0 heterocycles. The Bertz CT molecular complexity index is 336. The van der Waals surface area contributed by atoms with Crippen molar-refractivity contribution >= 4 is 40.0 Å². The standard InChI is InChI=1S/C10H24N4O3S.HI/c1-4-17-9-8-13-10(11-2)12-6-5-7-14-18(3,15)16;/h14H,4-9H2,1-3H3,(H2,11,12,13);1H. The second-order valence-electron chi connectivity index (χ2n) is 3.64. The summed E-state index contributed by atoms with van der Waals surface area (Å²) in [4.78, 5) is 4.03. The van der Waals surface area contributed by atoms with Crippen LogP contribution >= 0.6 is 24.0 Å². The molecule has 0 aliphatic rings. The van der Waals surface area contributed by atoms with Crippen molar-refractivity contribution in [2.45, 2.75) is 13.3 Å². The lowest BCUT2D eigenvalue weighted by atomic mass is 10.4. The van der Waals surface area contributed by atoms with Crippen LogP contribution in [0.2, 0.25) is 0 Å². The number of aliphatic imine (C=N–C) groups is 1. The van der Waals surface area contributed by atoms with E-state index >= 15 is 0 Å². The highest BCUT2D eigenvalue weighted by Crippen LogP contribution is 1.79. The average molecular weight is 408 g/mol. The van der Waals surface area contributed by atoms with Gasteiger partial charge in [-0.05, 0) is 13.3 Å². The molecule has 0 saturated carbocycles. The summed E-state index contributed by atoms with van der Waals surface area (Å²) in [5, 5.41) is 6.17. The van der Waals surface area contributed by atoms with Gasteiger partial charge in [0.1, 0.15) is 0 Å². The molecular weight excluding hydrogens is 383 g/mol. The van der Waals surface area contributed by atoms with E-state index in [2.05, 4.69) is 20.3 Å². The maximum atomic E-state index is 10.8.